The predicted octanol–water partition coefficient (Wildman–Crippen LogP) is 5.10. The molecule has 122 valence electrons. The Hall–Kier alpha value is -0.550. The molecule has 1 saturated carbocycles. The van der Waals surface area contributed by atoms with Gasteiger partial charge in [0.25, 0.3) is 0 Å². The summed E-state index contributed by atoms with van der Waals surface area (Å²) in [5.41, 5.74) is 0.411. The summed E-state index contributed by atoms with van der Waals surface area (Å²) < 4.78 is 0. The molecule has 0 saturated heterocycles. The first-order chi connectivity index (χ1) is 9.89. The van der Waals surface area contributed by atoms with Crippen LogP contribution < -0.4 is 0 Å². The first kappa shape index (κ1) is 18.5. The lowest BCUT2D eigenvalue weighted by atomic mass is 9.66. The molecule has 1 aliphatic carbocycles. The maximum atomic E-state index is 9.57. The molecule has 21 heavy (non-hydrogen) atoms. The van der Waals surface area contributed by atoms with E-state index in [9.17, 15) is 5.26 Å². The SMILES string of the molecule is CCC(C)CN(CC)C1CC(C(C)(C)CC)CCC1C#N. The maximum absolute atomic E-state index is 9.57. The van der Waals surface area contributed by atoms with E-state index < -0.39 is 0 Å². The fraction of sp³-hybridized carbons (Fsp3) is 0.947. The van der Waals surface area contributed by atoms with Gasteiger partial charge >= 0.3 is 0 Å². The summed E-state index contributed by atoms with van der Waals surface area (Å²) in [6.45, 7) is 16.2. The van der Waals surface area contributed by atoms with Crippen molar-refractivity contribution >= 4 is 0 Å². The summed E-state index contributed by atoms with van der Waals surface area (Å²) in [6.07, 6.45) is 6.00. The zero-order valence-corrected chi connectivity index (χ0v) is 15.2. The van der Waals surface area contributed by atoms with Crippen molar-refractivity contribution in [2.75, 3.05) is 13.1 Å². The molecule has 1 fully saturated rings. The third-order valence-corrected chi connectivity index (χ3v) is 6.12. The minimum atomic E-state index is 0.234. The highest BCUT2D eigenvalue weighted by Gasteiger charge is 2.39. The van der Waals surface area contributed by atoms with Gasteiger partial charge < -0.3 is 0 Å². The molecule has 1 rings (SSSR count). The van der Waals surface area contributed by atoms with Gasteiger partial charge in [0, 0.05) is 12.6 Å². The van der Waals surface area contributed by atoms with E-state index in [4.69, 9.17) is 0 Å². The zero-order chi connectivity index (χ0) is 16.0. The van der Waals surface area contributed by atoms with Crippen LogP contribution in [0.15, 0.2) is 0 Å². The van der Waals surface area contributed by atoms with Crippen molar-refractivity contribution in [2.45, 2.75) is 79.7 Å². The molecule has 0 spiro atoms. The number of nitrogens with zero attached hydrogens (tertiary/aromatic N) is 2. The molecular formula is C19H36N2. The minimum absolute atomic E-state index is 0.234. The van der Waals surface area contributed by atoms with E-state index in [0.29, 0.717) is 11.5 Å². The Kier molecular flexibility index (Phi) is 7.21. The topological polar surface area (TPSA) is 27.0 Å². The van der Waals surface area contributed by atoms with Crippen LogP contribution in [0.1, 0.15) is 73.6 Å². The van der Waals surface area contributed by atoms with Gasteiger partial charge in [-0.15, -0.1) is 0 Å². The fourth-order valence-corrected chi connectivity index (χ4v) is 3.73. The van der Waals surface area contributed by atoms with Crippen LogP contribution >= 0.6 is 0 Å². The minimum Gasteiger partial charge on any atom is -0.299 e. The fourth-order valence-electron chi connectivity index (χ4n) is 3.73. The Balaban J connectivity index is 2.85. The second-order valence-electron chi connectivity index (χ2n) is 7.76. The Morgan fingerprint density at radius 3 is 2.38 bits per heavy atom. The van der Waals surface area contributed by atoms with Crippen LogP contribution in [0.3, 0.4) is 0 Å². The van der Waals surface area contributed by atoms with Crippen molar-refractivity contribution in [3.05, 3.63) is 0 Å². The van der Waals surface area contributed by atoms with E-state index in [2.05, 4.69) is 52.5 Å². The number of hydrogen-bond acceptors (Lipinski definition) is 2. The smallest absolute Gasteiger partial charge is 0.0672 e. The van der Waals surface area contributed by atoms with Gasteiger partial charge in [-0.25, -0.2) is 0 Å². The molecule has 0 radical (unpaired) electrons. The lowest BCUT2D eigenvalue weighted by molar-refractivity contribution is 0.0470. The highest BCUT2D eigenvalue weighted by molar-refractivity contribution is 4.99. The van der Waals surface area contributed by atoms with Crippen molar-refractivity contribution in [3.63, 3.8) is 0 Å². The van der Waals surface area contributed by atoms with Crippen molar-refractivity contribution in [3.8, 4) is 6.07 Å². The lowest BCUT2D eigenvalue weighted by Gasteiger charge is -2.45. The molecule has 4 atom stereocenters. The summed E-state index contributed by atoms with van der Waals surface area (Å²) >= 11 is 0. The Morgan fingerprint density at radius 2 is 1.90 bits per heavy atom. The van der Waals surface area contributed by atoms with Crippen LogP contribution in [-0.4, -0.2) is 24.0 Å². The normalized spacial score (nSPS) is 28.4. The molecule has 0 N–H and O–H groups in total. The van der Waals surface area contributed by atoms with Gasteiger partial charge in [-0.3, -0.25) is 4.90 Å². The molecule has 0 aromatic heterocycles. The summed E-state index contributed by atoms with van der Waals surface area (Å²) in [7, 11) is 0. The third kappa shape index (κ3) is 4.71. The number of rotatable bonds is 7. The van der Waals surface area contributed by atoms with Crippen molar-refractivity contribution in [2.24, 2.45) is 23.2 Å². The number of nitriles is 1. The first-order valence-corrected chi connectivity index (χ1v) is 9.03. The monoisotopic (exact) mass is 292 g/mol. The van der Waals surface area contributed by atoms with Crippen molar-refractivity contribution in [1.82, 2.24) is 4.90 Å². The van der Waals surface area contributed by atoms with Crippen LogP contribution in [0, 0.1) is 34.5 Å². The maximum Gasteiger partial charge on any atom is 0.0672 e. The molecule has 0 aromatic carbocycles. The molecule has 4 unspecified atom stereocenters. The molecule has 0 bridgehead atoms. The Morgan fingerprint density at radius 1 is 1.24 bits per heavy atom. The molecule has 0 aromatic rings. The van der Waals surface area contributed by atoms with Crippen LogP contribution in [0.4, 0.5) is 0 Å². The van der Waals surface area contributed by atoms with Gasteiger partial charge in [-0.1, -0.05) is 54.4 Å². The van der Waals surface area contributed by atoms with Gasteiger partial charge in [-0.05, 0) is 43.1 Å². The van der Waals surface area contributed by atoms with Gasteiger partial charge in [-0.2, -0.15) is 5.26 Å². The average molecular weight is 293 g/mol. The van der Waals surface area contributed by atoms with Gasteiger partial charge in [0.2, 0.25) is 0 Å². The Bertz CT molecular complexity index is 342. The molecule has 2 nitrogen and oxygen atoms in total. The summed E-state index contributed by atoms with van der Waals surface area (Å²) in [6, 6.07) is 3.08. The second kappa shape index (κ2) is 8.18. The van der Waals surface area contributed by atoms with E-state index in [-0.39, 0.29) is 5.92 Å². The molecule has 0 heterocycles. The van der Waals surface area contributed by atoms with Gasteiger partial charge in [0.1, 0.15) is 0 Å². The van der Waals surface area contributed by atoms with E-state index in [0.717, 1.165) is 31.3 Å². The average Bonchev–Trinajstić information content (AvgIpc) is 2.51. The quantitative estimate of drug-likeness (QED) is 0.653. The summed E-state index contributed by atoms with van der Waals surface area (Å²) in [4.78, 5) is 2.60. The molecular weight excluding hydrogens is 256 g/mol. The van der Waals surface area contributed by atoms with Crippen LogP contribution in [0.2, 0.25) is 0 Å². The standard InChI is InChI=1S/C19H36N2/c1-7-15(4)14-21(9-3)18-12-17(19(5,6)8-2)11-10-16(18)13-20/h15-18H,7-12,14H2,1-6H3. The summed E-state index contributed by atoms with van der Waals surface area (Å²) in [5.74, 6) is 1.73. The van der Waals surface area contributed by atoms with Crippen LogP contribution in [0.25, 0.3) is 0 Å². The second-order valence-corrected chi connectivity index (χ2v) is 7.76. The molecule has 2 heteroatoms. The van der Waals surface area contributed by atoms with Gasteiger partial charge in [0.05, 0.1) is 12.0 Å². The lowest BCUT2D eigenvalue weighted by Crippen LogP contribution is -2.47. The molecule has 0 aliphatic heterocycles. The zero-order valence-electron chi connectivity index (χ0n) is 15.2. The predicted molar refractivity (Wildman–Crippen MR) is 91.0 cm³/mol. The van der Waals surface area contributed by atoms with E-state index in [1.54, 1.807) is 0 Å². The molecule has 0 amide bonds. The largest absolute Gasteiger partial charge is 0.299 e. The van der Waals surface area contributed by atoms with Gasteiger partial charge in [0.15, 0.2) is 0 Å². The van der Waals surface area contributed by atoms with E-state index in [1.165, 1.54) is 25.7 Å². The highest BCUT2D eigenvalue weighted by Crippen LogP contribution is 2.43. The highest BCUT2D eigenvalue weighted by atomic mass is 15.2. The summed E-state index contributed by atoms with van der Waals surface area (Å²) in [5, 5.41) is 9.57. The molecule has 1 aliphatic rings. The van der Waals surface area contributed by atoms with Crippen molar-refractivity contribution < 1.29 is 0 Å². The Labute approximate surface area is 132 Å². The van der Waals surface area contributed by atoms with Crippen molar-refractivity contribution in [1.29, 1.82) is 5.26 Å². The first-order valence-electron chi connectivity index (χ1n) is 9.03. The number of hydrogen-bond donors (Lipinski definition) is 0. The van der Waals surface area contributed by atoms with E-state index >= 15 is 0 Å². The van der Waals surface area contributed by atoms with Crippen LogP contribution in [-0.2, 0) is 0 Å². The van der Waals surface area contributed by atoms with Crippen LogP contribution in [0.5, 0.6) is 0 Å². The third-order valence-electron chi connectivity index (χ3n) is 6.12. The van der Waals surface area contributed by atoms with E-state index in [1.807, 2.05) is 0 Å².